The predicted octanol–water partition coefficient (Wildman–Crippen LogP) is -0.587. The van der Waals surface area contributed by atoms with Crippen LogP contribution in [0.5, 0.6) is 0 Å². The van der Waals surface area contributed by atoms with Gasteiger partial charge in [-0.15, -0.1) is 0 Å². The van der Waals surface area contributed by atoms with Gasteiger partial charge in [-0.3, -0.25) is 0 Å². The number of hydrogen-bond donors (Lipinski definition) is 0. The van der Waals surface area contributed by atoms with Gasteiger partial charge in [0, 0.05) is 21.7 Å². The van der Waals surface area contributed by atoms with Crippen molar-refractivity contribution in [1.82, 2.24) is 0 Å². The van der Waals surface area contributed by atoms with Crippen LogP contribution in [0.2, 0.25) is 0 Å². The first-order chi connectivity index (χ1) is 3.33. The molecule has 0 rings (SSSR count). The summed E-state index contributed by atoms with van der Waals surface area (Å²) in [6, 6.07) is 0. The Morgan fingerprint density at radius 3 is 1.11 bits per heavy atom. The zero-order chi connectivity index (χ0) is 6.12. The van der Waals surface area contributed by atoms with Crippen molar-refractivity contribution in [2.45, 2.75) is 0 Å². The monoisotopic (exact) mass is 199 g/mol. The van der Waals surface area contributed by atoms with Crippen molar-refractivity contribution in [2.24, 2.45) is 0 Å². The minimum absolute atomic E-state index is 0. The maximum atomic E-state index is 8.62. The molecule has 0 saturated heterocycles. The Kier molecular flexibility index (Phi) is 106. The molecule has 0 radical (unpaired) electrons. The molecule has 0 bridgehead atoms. The Labute approximate surface area is 76.2 Å². The largest absolute Gasteiger partial charge is 0 e. The number of carbonyl (C=O) groups excluding carboxylic acids is 2. The first kappa shape index (κ1) is 22.9. The minimum atomic E-state index is -2.00. The fourth-order valence-corrected chi connectivity index (χ4v) is 0. The SMILES string of the molecule is O=C=C=O.[CH3-].[O]=[Ti]=[O].[Ti]. The molecule has 0 aliphatic rings. The van der Waals surface area contributed by atoms with Gasteiger partial charge in [-0.05, 0) is 0 Å². The fourth-order valence-electron chi connectivity index (χ4n) is 0. The molecule has 9 heavy (non-hydrogen) atoms. The fraction of sp³-hybridized carbons (Fsp3) is 0. The molecular weight excluding hydrogens is 196 g/mol. The zero-order valence-corrected chi connectivity index (χ0v) is 7.76. The van der Waals surface area contributed by atoms with Crippen molar-refractivity contribution in [2.75, 3.05) is 0 Å². The van der Waals surface area contributed by atoms with Crippen LogP contribution in [0.1, 0.15) is 0 Å². The molecule has 0 N–H and O–H groups in total. The Morgan fingerprint density at radius 1 is 1.00 bits per heavy atom. The summed E-state index contributed by atoms with van der Waals surface area (Å²) >= 11 is -2.00. The molecule has 6 heteroatoms. The Bertz CT molecular complexity index is 117. The molecule has 0 heterocycles. The standard InChI is InChI=1S/C2O2.CH3.2O.2Ti/c3-1-2-4;;;;;/h;1H3;;;;/q;-1;;;;. The predicted molar refractivity (Wildman–Crippen MR) is 19.2 cm³/mol. The van der Waals surface area contributed by atoms with Crippen LogP contribution in [0, 0.1) is 7.43 Å². The van der Waals surface area contributed by atoms with E-state index >= 15 is 0 Å². The van der Waals surface area contributed by atoms with Crippen molar-refractivity contribution in [3.05, 3.63) is 7.43 Å². The molecule has 0 unspecified atom stereocenters. The van der Waals surface area contributed by atoms with Crippen molar-refractivity contribution in [3.8, 4) is 0 Å². The van der Waals surface area contributed by atoms with Gasteiger partial charge in [-0.2, -0.15) is 0 Å². The van der Waals surface area contributed by atoms with E-state index in [0.717, 1.165) is 11.9 Å². The molecule has 0 spiro atoms. The van der Waals surface area contributed by atoms with Gasteiger partial charge in [0.15, 0.2) is 0 Å². The van der Waals surface area contributed by atoms with E-state index in [2.05, 4.69) is 0 Å². The summed E-state index contributed by atoms with van der Waals surface area (Å²) in [5.41, 5.74) is 0. The molecule has 0 fully saturated rings. The maximum Gasteiger partial charge on any atom is 0 e. The van der Waals surface area contributed by atoms with E-state index in [1.165, 1.54) is 0 Å². The molecule has 0 aromatic rings. The molecule has 0 atom stereocenters. The summed E-state index contributed by atoms with van der Waals surface area (Å²) in [6.45, 7) is 0. The first-order valence-electron chi connectivity index (χ1n) is 1.07. The zero-order valence-electron chi connectivity index (χ0n) is 4.63. The summed E-state index contributed by atoms with van der Waals surface area (Å²) in [7, 11) is 0. The molecule has 0 aromatic carbocycles. The third-order valence-electron chi connectivity index (χ3n) is 0.0417. The second-order valence-corrected chi connectivity index (χ2v) is 0.548. The Morgan fingerprint density at radius 2 is 1.11 bits per heavy atom. The summed E-state index contributed by atoms with van der Waals surface area (Å²) < 4.78 is 17.0. The van der Waals surface area contributed by atoms with E-state index in [1.54, 1.807) is 0 Å². The van der Waals surface area contributed by atoms with E-state index in [4.69, 9.17) is 16.2 Å². The van der Waals surface area contributed by atoms with Crippen molar-refractivity contribution in [1.29, 1.82) is 0 Å². The molecule has 4 nitrogen and oxygen atoms in total. The first-order valence-corrected chi connectivity index (χ1v) is 2.34. The van der Waals surface area contributed by atoms with Gasteiger partial charge in [0.25, 0.3) is 0 Å². The molecule has 48 valence electrons. The summed E-state index contributed by atoms with van der Waals surface area (Å²) in [5, 5.41) is 0. The molecule has 0 aliphatic heterocycles. The topological polar surface area (TPSA) is 68.3 Å². The van der Waals surface area contributed by atoms with E-state index in [0.29, 0.717) is 0 Å². The van der Waals surface area contributed by atoms with Crippen LogP contribution < -0.4 is 0 Å². The molecule has 0 saturated carbocycles. The van der Waals surface area contributed by atoms with E-state index < -0.39 is 19.1 Å². The van der Waals surface area contributed by atoms with Crippen LogP contribution in [-0.4, -0.2) is 11.9 Å². The molecular formula is C3H3O4Ti2-. The van der Waals surface area contributed by atoms with Crippen molar-refractivity contribution >= 4 is 11.9 Å². The summed E-state index contributed by atoms with van der Waals surface area (Å²) in [5.74, 6) is 1.75. The second-order valence-electron chi connectivity index (χ2n) is 0.287. The van der Waals surface area contributed by atoms with Gasteiger partial charge in [0.2, 0.25) is 11.9 Å². The number of hydrogen-bond acceptors (Lipinski definition) is 4. The van der Waals surface area contributed by atoms with Crippen LogP contribution >= 0.6 is 0 Å². The van der Waals surface area contributed by atoms with Crippen LogP contribution in [0.3, 0.4) is 0 Å². The second kappa shape index (κ2) is 41.6. The quantitative estimate of drug-likeness (QED) is 0.297. The summed E-state index contributed by atoms with van der Waals surface area (Å²) in [4.78, 5) is 17.2. The van der Waals surface area contributed by atoms with Gasteiger partial charge >= 0.3 is 25.7 Å². The third-order valence-corrected chi connectivity index (χ3v) is 0.0417. The van der Waals surface area contributed by atoms with E-state index in [9.17, 15) is 0 Å². The van der Waals surface area contributed by atoms with Gasteiger partial charge in [0.05, 0.1) is 0 Å². The summed E-state index contributed by atoms with van der Waals surface area (Å²) in [6.07, 6.45) is 0. The average Bonchev–Trinajstić information content (AvgIpc) is 1.69. The van der Waals surface area contributed by atoms with Gasteiger partial charge < -0.3 is 7.43 Å². The normalized spacial score (nSPS) is 2.22. The van der Waals surface area contributed by atoms with Crippen LogP contribution in [-0.2, 0) is 57.0 Å². The van der Waals surface area contributed by atoms with Gasteiger partial charge in [0.1, 0.15) is 0 Å². The van der Waals surface area contributed by atoms with Crippen molar-refractivity contribution in [3.63, 3.8) is 0 Å². The molecule has 0 aromatic heterocycles. The third kappa shape index (κ3) is 222. The van der Waals surface area contributed by atoms with Crippen LogP contribution in [0.4, 0.5) is 0 Å². The average molecular weight is 199 g/mol. The van der Waals surface area contributed by atoms with Gasteiger partial charge in [-0.1, -0.05) is 0 Å². The smallest absolute Gasteiger partial charge is 0 e. The Balaban J connectivity index is -0.0000000233. The van der Waals surface area contributed by atoms with Gasteiger partial charge in [-0.25, -0.2) is 9.59 Å². The number of rotatable bonds is 0. The molecule has 0 amide bonds. The molecule has 0 aliphatic carbocycles. The minimum Gasteiger partial charge on any atom is 0 e. The van der Waals surface area contributed by atoms with Crippen LogP contribution in [0.25, 0.3) is 0 Å². The van der Waals surface area contributed by atoms with Crippen LogP contribution in [0.15, 0.2) is 0 Å². The maximum absolute atomic E-state index is 8.62. The van der Waals surface area contributed by atoms with Crippen molar-refractivity contribution < 1.29 is 57.0 Å². The van der Waals surface area contributed by atoms with E-state index in [-0.39, 0.29) is 29.1 Å². The van der Waals surface area contributed by atoms with E-state index in [1.807, 2.05) is 0 Å². The Hall–Kier alpha value is 0.189.